The molecule has 1 saturated carbocycles. The molecule has 15 heavy (non-hydrogen) atoms. The third-order valence-corrected chi connectivity index (χ3v) is 2.59. The number of carbonyl (C=O) groups excluding carboxylic acids is 1. The van der Waals surface area contributed by atoms with Crippen molar-refractivity contribution < 1.29 is 23.1 Å². The van der Waals surface area contributed by atoms with Gasteiger partial charge in [0.2, 0.25) is 0 Å². The van der Waals surface area contributed by atoms with Gasteiger partial charge in [0.1, 0.15) is 6.10 Å². The fourth-order valence-electron chi connectivity index (χ4n) is 1.94. The highest BCUT2D eigenvalue weighted by molar-refractivity contribution is 6.37. The number of alkyl halides is 2. The van der Waals surface area contributed by atoms with Gasteiger partial charge in [-0.3, -0.25) is 0 Å². The summed E-state index contributed by atoms with van der Waals surface area (Å²) in [6.07, 6.45) is -1.42. The van der Waals surface area contributed by atoms with Crippen LogP contribution in [0.2, 0.25) is 0 Å². The Bertz CT molecular complexity index is 316. The molecule has 2 atom stereocenters. The van der Waals surface area contributed by atoms with Gasteiger partial charge in [0, 0.05) is 6.42 Å². The predicted molar refractivity (Wildman–Crippen MR) is 46.6 cm³/mol. The van der Waals surface area contributed by atoms with Crippen molar-refractivity contribution in [1.29, 1.82) is 0 Å². The first kappa shape index (κ1) is 10.3. The highest BCUT2D eigenvalue weighted by Gasteiger charge is 2.54. The van der Waals surface area contributed by atoms with Crippen LogP contribution in [-0.4, -0.2) is 30.3 Å². The fraction of sp³-hybridized carbons (Fsp3) is 0.778. The molecule has 0 aromatic rings. The summed E-state index contributed by atoms with van der Waals surface area (Å²) in [5.41, 5.74) is -0.000903. The highest BCUT2D eigenvalue weighted by Crippen LogP contribution is 2.44. The normalized spacial score (nSPS) is 31.8. The number of hydrogen-bond donors (Lipinski definition) is 0. The van der Waals surface area contributed by atoms with Crippen molar-refractivity contribution in [3.8, 4) is 0 Å². The van der Waals surface area contributed by atoms with Crippen LogP contribution < -0.4 is 0 Å². The van der Waals surface area contributed by atoms with Gasteiger partial charge in [0.05, 0.1) is 18.9 Å². The van der Waals surface area contributed by atoms with Crippen LogP contribution in [0.5, 0.6) is 0 Å². The maximum absolute atomic E-state index is 13.0. The Kier molecular flexibility index (Phi) is 2.36. The van der Waals surface area contributed by atoms with Crippen LogP contribution in [0.4, 0.5) is 8.78 Å². The van der Waals surface area contributed by atoms with Crippen molar-refractivity contribution in [3.05, 3.63) is 0 Å². The van der Waals surface area contributed by atoms with Gasteiger partial charge >= 0.3 is 5.97 Å². The Hall–Kier alpha value is -1.20. The van der Waals surface area contributed by atoms with E-state index in [1.165, 1.54) is 0 Å². The molecule has 2 rings (SSSR count). The molecule has 0 amide bonds. The van der Waals surface area contributed by atoms with Crippen molar-refractivity contribution in [2.75, 3.05) is 6.61 Å². The zero-order valence-corrected chi connectivity index (χ0v) is 8.20. The van der Waals surface area contributed by atoms with E-state index >= 15 is 0 Å². The van der Waals surface area contributed by atoms with Crippen molar-refractivity contribution in [2.45, 2.75) is 31.8 Å². The molecule has 2 aliphatic rings. The van der Waals surface area contributed by atoms with Gasteiger partial charge in [-0.25, -0.2) is 13.6 Å². The molecule has 1 aliphatic heterocycles. The van der Waals surface area contributed by atoms with Crippen molar-refractivity contribution in [1.82, 2.24) is 0 Å². The molecule has 1 fully saturated rings. The van der Waals surface area contributed by atoms with E-state index in [4.69, 9.17) is 9.57 Å². The number of rotatable bonds is 2. The van der Waals surface area contributed by atoms with E-state index in [0.29, 0.717) is 0 Å². The number of halogens is 2. The Balaban J connectivity index is 2.08. The lowest BCUT2D eigenvalue weighted by molar-refractivity contribution is -0.135. The van der Waals surface area contributed by atoms with E-state index in [1.807, 2.05) is 0 Å². The molecule has 2 unspecified atom stereocenters. The molecule has 4 nitrogen and oxygen atoms in total. The van der Waals surface area contributed by atoms with Gasteiger partial charge in [-0.15, -0.1) is 0 Å². The third kappa shape index (κ3) is 1.80. The standard InChI is InChI=1S/C9H11F2NO3/c1-2-14-8(13)7-5-3-9(10,11)4-6(5)15-12-7/h5-6H,2-4H2,1H3. The molecule has 1 heterocycles. The summed E-state index contributed by atoms with van der Waals surface area (Å²) in [4.78, 5) is 16.1. The minimum absolute atomic E-state index is 0.000903. The lowest BCUT2D eigenvalue weighted by Gasteiger charge is -2.08. The molecule has 0 saturated heterocycles. The molecule has 0 N–H and O–H groups in total. The van der Waals surface area contributed by atoms with E-state index in [1.54, 1.807) is 6.92 Å². The Morgan fingerprint density at radius 2 is 2.40 bits per heavy atom. The van der Waals surface area contributed by atoms with Gasteiger partial charge in [0.15, 0.2) is 5.71 Å². The van der Waals surface area contributed by atoms with E-state index in [9.17, 15) is 13.6 Å². The first-order chi connectivity index (χ1) is 7.03. The van der Waals surface area contributed by atoms with Gasteiger partial charge in [-0.2, -0.15) is 0 Å². The second-order valence-electron chi connectivity index (χ2n) is 3.71. The van der Waals surface area contributed by atoms with Gasteiger partial charge in [0.25, 0.3) is 5.92 Å². The van der Waals surface area contributed by atoms with Gasteiger partial charge < -0.3 is 9.57 Å². The minimum Gasteiger partial charge on any atom is -0.461 e. The van der Waals surface area contributed by atoms with E-state index < -0.39 is 23.9 Å². The van der Waals surface area contributed by atoms with Crippen LogP contribution in [0, 0.1) is 5.92 Å². The van der Waals surface area contributed by atoms with Crippen LogP contribution in [0.15, 0.2) is 5.16 Å². The second-order valence-corrected chi connectivity index (χ2v) is 3.71. The summed E-state index contributed by atoms with van der Waals surface area (Å²) in [5, 5.41) is 3.51. The topological polar surface area (TPSA) is 47.9 Å². The lowest BCUT2D eigenvalue weighted by Crippen LogP contribution is -2.26. The van der Waals surface area contributed by atoms with Crippen LogP contribution in [0.25, 0.3) is 0 Å². The number of esters is 1. The molecule has 1 aliphatic carbocycles. The average molecular weight is 219 g/mol. The van der Waals surface area contributed by atoms with E-state index in [-0.39, 0.29) is 25.2 Å². The molecular formula is C9H11F2NO3. The number of fused-ring (bicyclic) bond motifs is 1. The largest absolute Gasteiger partial charge is 0.461 e. The predicted octanol–water partition coefficient (Wildman–Crippen LogP) is 1.35. The second kappa shape index (κ2) is 3.43. The number of hydrogen-bond acceptors (Lipinski definition) is 4. The van der Waals surface area contributed by atoms with Crippen molar-refractivity contribution in [3.63, 3.8) is 0 Å². The zero-order chi connectivity index (χ0) is 11.1. The minimum atomic E-state index is -2.76. The first-order valence-electron chi connectivity index (χ1n) is 4.82. The summed E-state index contributed by atoms with van der Waals surface area (Å²) in [5.74, 6) is -4.02. The molecule has 0 aromatic carbocycles. The maximum Gasteiger partial charge on any atom is 0.356 e. The Labute approximate surface area is 85.2 Å². The zero-order valence-electron chi connectivity index (χ0n) is 8.20. The summed E-state index contributed by atoms with van der Waals surface area (Å²) < 4.78 is 30.7. The molecule has 84 valence electrons. The van der Waals surface area contributed by atoms with Gasteiger partial charge in [-0.05, 0) is 6.92 Å². The number of ether oxygens (including phenoxy) is 1. The number of carbonyl (C=O) groups is 1. The van der Waals surface area contributed by atoms with Gasteiger partial charge in [-0.1, -0.05) is 5.16 Å². The lowest BCUT2D eigenvalue weighted by atomic mass is 10.0. The van der Waals surface area contributed by atoms with Crippen molar-refractivity contribution >= 4 is 11.7 Å². The van der Waals surface area contributed by atoms with Crippen LogP contribution in [0.3, 0.4) is 0 Å². The first-order valence-corrected chi connectivity index (χ1v) is 4.82. The quantitative estimate of drug-likeness (QED) is 0.658. The number of oxime groups is 1. The number of nitrogens with zero attached hydrogens (tertiary/aromatic N) is 1. The molecule has 0 spiro atoms. The summed E-state index contributed by atoms with van der Waals surface area (Å²) >= 11 is 0. The maximum atomic E-state index is 13.0. The fourth-order valence-corrected chi connectivity index (χ4v) is 1.94. The molecule has 0 bridgehead atoms. The van der Waals surface area contributed by atoms with E-state index in [0.717, 1.165) is 0 Å². The van der Waals surface area contributed by atoms with Crippen LogP contribution in [0.1, 0.15) is 19.8 Å². The molecule has 0 aromatic heterocycles. The van der Waals surface area contributed by atoms with Crippen LogP contribution >= 0.6 is 0 Å². The Morgan fingerprint density at radius 3 is 3.07 bits per heavy atom. The summed E-state index contributed by atoms with van der Waals surface area (Å²) in [7, 11) is 0. The molecule has 0 radical (unpaired) electrons. The van der Waals surface area contributed by atoms with E-state index in [2.05, 4.69) is 5.16 Å². The SMILES string of the molecule is CCOC(=O)C1=NOC2CC(F)(F)CC12. The molecule has 6 heteroatoms. The molecular weight excluding hydrogens is 208 g/mol. The average Bonchev–Trinajstić information content (AvgIpc) is 2.59. The Morgan fingerprint density at radius 1 is 1.67 bits per heavy atom. The van der Waals surface area contributed by atoms with Crippen LogP contribution in [-0.2, 0) is 14.4 Å². The monoisotopic (exact) mass is 219 g/mol. The summed E-state index contributed by atoms with van der Waals surface area (Å²) in [6, 6.07) is 0. The highest BCUT2D eigenvalue weighted by atomic mass is 19.3. The smallest absolute Gasteiger partial charge is 0.356 e. The third-order valence-electron chi connectivity index (χ3n) is 2.59. The van der Waals surface area contributed by atoms with Crippen molar-refractivity contribution in [2.24, 2.45) is 11.1 Å². The summed E-state index contributed by atoms with van der Waals surface area (Å²) in [6.45, 7) is 1.85.